The van der Waals surface area contributed by atoms with Crippen LogP contribution in [-0.4, -0.2) is 58.3 Å². The van der Waals surface area contributed by atoms with E-state index in [0.717, 1.165) is 10.1 Å². The zero-order valence-corrected chi connectivity index (χ0v) is 17.3. The Kier molecular flexibility index (Phi) is 3.95. The molecule has 5 atom stereocenters. The van der Waals surface area contributed by atoms with E-state index < -0.39 is 53.2 Å². The lowest BCUT2D eigenvalue weighted by molar-refractivity contribution is -0.458. The van der Waals surface area contributed by atoms with Gasteiger partial charge in [0.05, 0.1) is 4.88 Å². The van der Waals surface area contributed by atoms with Crippen molar-refractivity contribution in [2.24, 2.45) is 0 Å². The van der Waals surface area contributed by atoms with Crippen molar-refractivity contribution < 1.29 is 33.6 Å². The minimum Gasteiger partial charge on any atom is -0.379 e. The summed E-state index contributed by atoms with van der Waals surface area (Å²) in [7, 11) is 0. The van der Waals surface area contributed by atoms with Crippen molar-refractivity contribution in [3.63, 3.8) is 0 Å². The molecule has 5 rings (SSSR count). The molecule has 1 N–H and O–H groups in total. The van der Waals surface area contributed by atoms with Gasteiger partial charge >= 0.3 is 0 Å². The summed E-state index contributed by atoms with van der Waals surface area (Å²) in [5.41, 5.74) is -2.42. The maximum absolute atomic E-state index is 13.1. The lowest BCUT2D eigenvalue weighted by Gasteiger charge is -2.62. The van der Waals surface area contributed by atoms with Gasteiger partial charge in [-0.1, -0.05) is 18.2 Å². The number of hydrogen-bond donors (Lipinski definition) is 1. The zero-order valence-electron chi connectivity index (χ0n) is 16.5. The smallest absolute Gasteiger partial charge is 0.241 e. The first-order valence-corrected chi connectivity index (χ1v) is 10.3. The van der Waals surface area contributed by atoms with Gasteiger partial charge in [-0.2, -0.15) is 0 Å². The van der Waals surface area contributed by atoms with Crippen LogP contribution in [0, 0.1) is 0 Å². The first-order chi connectivity index (χ1) is 13.5. The fourth-order valence-electron chi connectivity index (χ4n) is 4.40. The summed E-state index contributed by atoms with van der Waals surface area (Å²) in [6.07, 6.45) is -4.06. The summed E-state index contributed by atoms with van der Waals surface area (Å²) in [4.78, 5) is 26.4. The minimum absolute atomic E-state index is 0.338. The predicted octanol–water partition coefficient (Wildman–Crippen LogP) is 2.44. The number of thiophene rings is 1. The molecule has 0 saturated carbocycles. The van der Waals surface area contributed by atoms with Crippen LogP contribution in [0.4, 0.5) is 0 Å². The second-order valence-corrected chi connectivity index (χ2v) is 9.79. The van der Waals surface area contributed by atoms with Crippen molar-refractivity contribution in [3.05, 3.63) is 35.2 Å². The first-order valence-electron chi connectivity index (χ1n) is 9.52. The van der Waals surface area contributed by atoms with Gasteiger partial charge in [0.25, 0.3) is 0 Å². The molecular weight excluding hydrogens is 396 g/mol. The second kappa shape index (κ2) is 5.94. The number of hydrogen-bond acceptors (Lipinski definition) is 8. The highest BCUT2D eigenvalue weighted by molar-refractivity contribution is 7.21. The number of carbonyl (C=O) groups excluding carboxylic acids is 2. The SMILES string of the molecule is CC1(C)O[C@H]2[C@@H](C(=O)C(=O)c3cc4ccccc4s3)O[C@@H]3OC(C)(C)[C@@]3(O)[C@H]2O1. The fourth-order valence-corrected chi connectivity index (χ4v) is 5.41. The molecule has 0 aliphatic carbocycles. The Balaban J connectivity index is 1.47. The normalized spacial score (nSPS) is 36.9. The molecule has 3 aliphatic heterocycles. The van der Waals surface area contributed by atoms with Gasteiger partial charge in [-0.15, -0.1) is 11.3 Å². The minimum atomic E-state index is -1.48. The van der Waals surface area contributed by atoms with Crippen molar-refractivity contribution in [2.75, 3.05) is 0 Å². The molecule has 4 heterocycles. The maximum Gasteiger partial charge on any atom is 0.241 e. The summed E-state index contributed by atoms with van der Waals surface area (Å²) in [6, 6.07) is 9.25. The van der Waals surface area contributed by atoms with Crippen LogP contribution in [0.25, 0.3) is 10.1 Å². The number of rotatable bonds is 3. The number of ether oxygens (including phenoxy) is 4. The van der Waals surface area contributed by atoms with Gasteiger partial charge in [0.2, 0.25) is 11.6 Å². The zero-order chi connectivity index (χ0) is 20.8. The van der Waals surface area contributed by atoms with E-state index >= 15 is 0 Å². The average molecular weight is 418 g/mol. The Morgan fingerprint density at radius 2 is 1.79 bits per heavy atom. The summed E-state index contributed by atoms with van der Waals surface area (Å²) in [5, 5.41) is 12.2. The van der Waals surface area contributed by atoms with Gasteiger partial charge in [-0.05, 0) is 45.2 Å². The Morgan fingerprint density at radius 3 is 2.48 bits per heavy atom. The molecule has 0 spiro atoms. The largest absolute Gasteiger partial charge is 0.379 e. The number of benzene rings is 1. The van der Waals surface area contributed by atoms with Crippen molar-refractivity contribution in [1.29, 1.82) is 0 Å². The Bertz CT molecular complexity index is 992. The molecule has 8 heteroatoms. The van der Waals surface area contributed by atoms with Gasteiger partial charge < -0.3 is 24.1 Å². The van der Waals surface area contributed by atoms with Gasteiger partial charge in [0.15, 0.2) is 23.8 Å². The van der Waals surface area contributed by atoms with E-state index in [2.05, 4.69) is 0 Å². The first kappa shape index (κ1) is 19.3. The molecule has 0 amide bonds. The van der Waals surface area contributed by atoms with Gasteiger partial charge in [0.1, 0.15) is 17.8 Å². The maximum atomic E-state index is 13.1. The topological polar surface area (TPSA) is 91.3 Å². The van der Waals surface area contributed by atoms with E-state index in [9.17, 15) is 14.7 Å². The summed E-state index contributed by atoms with van der Waals surface area (Å²) in [5.74, 6) is -2.41. The van der Waals surface area contributed by atoms with Crippen LogP contribution >= 0.6 is 11.3 Å². The highest BCUT2D eigenvalue weighted by Gasteiger charge is 2.76. The molecule has 0 radical (unpaired) electrons. The molecule has 3 fully saturated rings. The Labute approximate surface area is 171 Å². The standard InChI is InChI=1S/C21H22O7S/c1-19(2)21(24)17-16(26-20(3,4)27-17)15(25-18(21)28-19)14(23)13(22)12-9-10-7-5-6-8-11(10)29-12/h5-9,15-18,24H,1-4H3/t15-,16+,17+,18-,21-/m1/s1. The molecule has 1 aromatic carbocycles. The van der Waals surface area contributed by atoms with Crippen LogP contribution in [0.5, 0.6) is 0 Å². The molecule has 1 aromatic heterocycles. The van der Waals surface area contributed by atoms with Gasteiger partial charge in [-0.3, -0.25) is 9.59 Å². The highest BCUT2D eigenvalue weighted by atomic mass is 32.1. The van der Waals surface area contributed by atoms with E-state index in [1.54, 1.807) is 33.8 Å². The van der Waals surface area contributed by atoms with E-state index in [4.69, 9.17) is 18.9 Å². The average Bonchev–Trinajstić information content (AvgIpc) is 3.23. The van der Waals surface area contributed by atoms with Crippen LogP contribution in [0.3, 0.4) is 0 Å². The monoisotopic (exact) mass is 418 g/mol. The molecule has 154 valence electrons. The third kappa shape index (κ3) is 2.60. The molecule has 2 aromatic rings. The van der Waals surface area contributed by atoms with Gasteiger partial charge in [0, 0.05) is 4.70 Å². The molecule has 3 aliphatic rings. The van der Waals surface area contributed by atoms with Gasteiger partial charge in [-0.25, -0.2) is 0 Å². The Hall–Kier alpha value is -1.68. The van der Waals surface area contributed by atoms with E-state index in [-0.39, 0.29) is 0 Å². The number of Topliss-reactive ketones (excluding diaryl/α,β-unsaturated/α-hetero) is 2. The van der Waals surface area contributed by atoms with Crippen LogP contribution < -0.4 is 0 Å². The summed E-state index contributed by atoms with van der Waals surface area (Å²) in [6.45, 7) is 6.85. The predicted molar refractivity (Wildman–Crippen MR) is 104 cm³/mol. The molecule has 29 heavy (non-hydrogen) atoms. The van der Waals surface area contributed by atoms with Crippen LogP contribution in [0.2, 0.25) is 0 Å². The lowest BCUT2D eigenvalue weighted by Crippen LogP contribution is -2.83. The third-order valence-corrected chi connectivity index (χ3v) is 7.10. The van der Waals surface area contributed by atoms with Crippen molar-refractivity contribution in [2.45, 2.75) is 69.3 Å². The number of ketones is 2. The van der Waals surface area contributed by atoms with E-state index in [1.807, 2.05) is 24.3 Å². The van der Waals surface area contributed by atoms with E-state index in [1.165, 1.54) is 11.3 Å². The quantitative estimate of drug-likeness (QED) is 0.605. The lowest BCUT2D eigenvalue weighted by atomic mass is 9.70. The summed E-state index contributed by atoms with van der Waals surface area (Å²) < 4.78 is 24.2. The van der Waals surface area contributed by atoms with Crippen LogP contribution in [0.1, 0.15) is 37.4 Å². The second-order valence-electron chi connectivity index (χ2n) is 8.70. The number of carbonyl (C=O) groups is 2. The molecule has 3 saturated heterocycles. The molecule has 7 nitrogen and oxygen atoms in total. The molecular formula is C21H22O7S. The summed E-state index contributed by atoms with van der Waals surface area (Å²) >= 11 is 1.26. The highest BCUT2D eigenvalue weighted by Crippen LogP contribution is 2.54. The van der Waals surface area contributed by atoms with E-state index in [0.29, 0.717) is 4.88 Å². The van der Waals surface area contributed by atoms with Crippen molar-refractivity contribution >= 4 is 33.0 Å². The van der Waals surface area contributed by atoms with Crippen molar-refractivity contribution in [1.82, 2.24) is 0 Å². The van der Waals surface area contributed by atoms with Crippen LogP contribution in [-0.2, 0) is 23.7 Å². The molecule has 0 unspecified atom stereocenters. The third-order valence-electron chi connectivity index (χ3n) is 5.99. The number of fused-ring (bicyclic) bond motifs is 4. The molecule has 0 bridgehead atoms. The van der Waals surface area contributed by atoms with Crippen LogP contribution in [0.15, 0.2) is 30.3 Å². The fraction of sp³-hybridized carbons (Fsp3) is 0.524. The van der Waals surface area contributed by atoms with Crippen molar-refractivity contribution in [3.8, 4) is 0 Å². The Morgan fingerprint density at radius 1 is 1.07 bits per heavy atom. The number of aliphatic hydroxyl groups is 1.